The fourth-order valence-corrected chi connectivity index (χ4v) is 2.45. The van der Waals surface area contributed by atoms with Gasteiger partial charge in [0.15, 0.2) is 0 Å². The standard InChI is InChI=1S/C12H15ClN2OS/c1-9(4-5-10-3-2-6-16-10)14-8-12-15-7-11(13)17-12/h2-3,6-7,9,14H,4-5,8H2,1H3. The Balaban J connectivity index is 1.69. The van der Waals surface area contributed by atoms with E-state index in [2.05, 4.69) is 17.2 Å². The minimum Gasteiger partial charge on any atom is -0.469 e. The van der Waals surface area contributed by atoms with E-state index in [1.807, 2.05) is 12.1 Å². The third kappa shape index (κ3) is 4.15. The van der Waals surface area contributed by atoms with Gasteiger partial charge < -0.3 is 9.73 Å². The van der Waals surface area contributed by atoms with Gasteiger partial charge in [-0.05, 0) is 25.5 Å². The summed E-state index contributed by atoms with van der Waals surface area (Å²) in [6, 6.07) is 4.36. The van der Waals surface area contributed by atoms with Gasteiger partial charge in [0.25, 0.3) is 0 Å². The van der Waals surface area contributed by atoms with Crippen LogP contribution in [0.15, 0.2) is 29.0 Å². The van der Waals surface area contributed by atoms with Crippen molar-refractivity contribution in [2.45, 2.75) is 32.4 Å². The summed E-state index contributed by atoms with van der Waals surface area (Å²) in [5.41, 5.74) is 0. The van der Waals surface area contributed by atoms with Crippen LogP contribution in [0.1, 0.15) is 24.1 Å². The fourth-order valence-electron chi connectivity index (χ4n) is 1.55. The molecule has 0 fully saturated rings. The number of aryl methyl sites for hydroxylation is 1. The molecule has 5 heteroatoms. The highest BCUT2D eigenvalue weighted by molar-refractivity contribution is 7.15. The Kier molecular flexibility index (Phi) is 4.59. The molecule has 0 spiro atoms. The molecule has 92 valence electrons. The normalized spacial score (nSPS) is 12.8. The molecule has 2 aromatic rings. The SMILES string of the molecule is CC(CCc1ccco1)NCc1ncc(Cl)s1. The monoisotopic (exact) mass is 270 g/mol. The Morgan fingerprint density at radius 2 is 2.47 bits per heavy atom. The third-order valence-corrected chi connectivity index (χ3v) is 3.65. The zero-order chi connectivity index (χ0) is 12.1. The van der Waals surface area contributed by atoms with Crippen molar-refractivity contribution in [1.29, 1.82) is 0 Å². The zero-order valence-corrected chi connectivity index (χ0v) is 11.2. The number of nitrogens with one attached hydrogen (secondary N) is 1. The third-order valence-electron chi connectivity index (χ3n) is 2.53. The van der Waals surface area contributed by atoms with Crippen LogP contribution in [0.2, 0.25) is 4.34 Å². The lowest BCUT2D eigenvalue weighted by atomic mass is 10.1. The summed E-state index contributed by atoms with van der Waals surface area (Å²) in [6.45, 7) is 2.94. The van der Waals surface area contributed by atoms with Crippen molar-refractivity contribution in [2.24, 2.45) is 0 Å². The summed E-state index contributed by atoms with van der Waals surface area (Å²) in [5, 5.41) is 4.45. The molecule has 0 aliphatic rings. The van der Waals surface area contributed by atoms with Crippen LogP contribution in [-0.4, -0.2) is 11.0 Å². The van der Waals surface area contributed by atoms with Crippen molar-refractivity contribution in [3.63, 3.8) is 0 Å². The number of nitrogens with zero attached hydrogens (tertiary/aromatic N) is 1. The molecule has 0 aliphatic carbocycles. The summed E-state index contributed by atoms with van der Waals surface area (Å²) in [5.74, 6) is 1.04. The molecule has 3 nitrogen and oxygen atoms in total. The molecule has 2 heterocycles. The molecular weight excluding hydrogens is 256 g/mol. The highest BCUT2D eigenvalue weighted by Crippen LogP contribution is 2.18. The summed E-state index contributed by atoms with van der Waals surface area (Å²) < 4.78 is 6.04. The Morgan fingerprint density at radius 1 is 1.59 bits per heavy atom. The van der Waals surface area contributed by atoms with Crippen LogP contribution in [0.25, 0.3) is 0 Å². The van der Waals surface area contributed by atoms with Crippen LogP contribution in [0.3, 0.4) is 0 Å². The van der Waals surface area contributed by atoms with E-state index in [4.69, 9.17) is 16.0 Å². The quantitative estimate of drug-likeness (QED) is 0.873. The van der Waals surface area contributed by atoms with Gasteiger partial charge in [0.05, 0.1) is 12.5 Å². The number of halogens is 1. The smallest absolute Gasteiger partial charge is 0.113 e. The van der Waals surface area contributed by atoms with Crippen LogP contribution in [0, 0.1) is 0 Å². The molecule has 1 unspecified atom stereocenters. The molecule has 0 amide bonds. The molecule has 0 saturated heterocycles. The molecule has 0 radical (unpaired) electrons. The average molecular weight is 271 g/mol. The highest BCUT2D eigenvalue weighted by Gasteiger charge is 2.05. The van der Waals surface area contributed by atoms with Crippen LogP contribution in [0.5, 0.6) is 0 Å². The molecule has 0 saturated carbocycles. The van der Waals surface area contributed by atoms with Gasteiger partial charge in [-0.25, -0.2) is 4.98 Å². The lowest BCUT2D eigenvalue weighted by molar-refractivity contribution is 0.459. The summed E-state index contributed by atoms with van der Waals surface area (Å²) in [7, 11) is 0. The maximum atomic E-state index is 5.82. The summed E-state index contributed by atoms with van der Waals surface area (Å²) in [6.07, 6.45) is 5.41. The van der Waals surface area contributed by atoms with E-state index in [1.165, 1.54) is 11.3 Å². The van der Waals surface area contributed by atoms with Gasteiger partial charge in [0, 0.05) is 19.0 Å². The molecule has 0 aliphatic heterocycles. The number of hydrogen-bond donors (Lipinski definition) is 1. The summed E-state index contributed by atoms with van der Waals surface area (Å²) >= 11 is 7.34. The predicted molar refractivity (Wildman–Crippen MR) is 70.5 cm³/mol. The van der Waals surface area contributed by atoms with Crippen molar-refractivity contribution in [1.82, 2.24) is 10.3 Å². The van der Waals surface area contributed by atoms with Crippen LogP contribution in [0.4, 0.5) is 0 Å². The van der Waals surface area contributed by atoms with Crippen LogP contribution < -0.4 is 5.32 Å². The van der Waals surface area contributed by atoms with E-state index < -0.39 is 0 Å². The van der Waals surface area contributed by atoms with Gasteiger partial charge in [0.2, 0.25) is 0 Å². The first-order valence-corrected chi connectivity index (χ1v) is 6.79. The molecule has 0 aromatic carbocycles. The van der Waals surface area contributed by atoms with Gasteiger partial charge in [0.1, 0.15) is 15.1 Å². The predicted octanol–water partition coefficient (Wildman–Crippen LogP) is 3.50. The first-order chi connectivity index (χ1) is 8.24. The van der Waals surface area contributed by atoms with Crippen molar-refractivity contribution in [3.8, 4) is 0 Å². The van der Waals surface area contributed by atoms with Gasteiger partial charge in [-0.1, -0.05) is 11.6 Å². The number of furan rings is 1. The number of aromatic nitrogens is 1. The van der Waals surface area contributed by atoms with Gasteiger partial charge in [-0.15, -0.1) is 11.3 Å². The van der Waals surface area contributed by atoms with E-state index in [1.54, 1.807) is 12.5 Å². The van der Waals surface area contributed by atoms with E-state index in [-0.39, 0.29) is 0 Å². The Bertz CT molecular complexity index is 441. The fraction of sp³-hybridized carbons (Fsp3) is 0.417. The zero-order valence-electron chi connectivity index (χ0n) is 9.65. The molecule has 1 N–H and O–H groups in total. The number of hydrogen-bond acceptors (Lipinski definition) is 4. The maximum absolute atomic E-state index is 5.82. The van der Waals surface area contributed by atoms with Gasteiger partial charge >= 0.3 is 0 Å². The van der Waals surface area contributed by atoms with Gasteiger partial charge in [-0.2, -0.15) is 0 Å². The molecule has 17 heavy (non-hydrogen) atoms. The van der Waals surface area contributed by atoms with E-state index >= 15 is 0 Å². The van der Waals surface area contributed by atoms with Gasteiger partial charge in [-0.3, -0.25) is 0 Å². The van der Waals surface area contributed by atoms with E-state index in [0.29, 0.717) is 6.04 Å². The molecule has 0 bridgehead atoms. The summed E-state index contributed by atoms with van der Waals surface area (Å²) in [4.78, 5) is 4.20. The van der Waals surface area contributed by atoms with Crippen molar-refractivity contribution in [2.75, 3.05) is 0 Å². The minimum absolute atomic E-state index is 0.433. The second-order valence-electron chi connectivity index (χ2n) is 3.96. The Morgan fingerprint density at radius 3 is 3.12 bits per heavy atom. The molecular formula is C12H15ClN2OS. The largest absolute Gasteiger partial charge is 0.469 e. The second kappa shape index (κ2) is 6.19. The molecule has 2 rings (SSSR count). The Hall–Kier alpha value is -0.840. The number of thiazole rings is 1. The Labute approximate surface area is 110 Å². The lowest BCUT2D eigenvalue weighted by Gasteiger charge is -2.11. The topological polar surface area (TPSA) is 38.1 Å². The van der Waals surface area contributed by atoms with Crippen molar-refractivity contribution >= 4 is 22.9 Å². The highest BCUT2D eigenvalue weighted by atomic mass is 35.5. The first kappa shape index (κ1) is 12.6. The molecule has 1 atom stereocenters. The van der Waals surface area contributed by atoms with Crippen LogP contribution >= 0.6 is 22.9 Å². The average Bonchev–Trinajstić information content (AvgIpc) is 2.95. The maximum Gasteiger partial charge on any atom is 0.113 e. The molecule has 2 aromatic heterocycles. The van der Waals surface area contributed by atoms with E-state index in [0.717, 1.165) is 34.5 Å². The van der Waals surface area contributed by atoms with Crippen molar-refractivity contribution < 1.29 is 4.42 Å². The minimum atomic E-state index is 0.433. The second-order valence-corrected chi connectivity index (χ2v) is 5.70. The van der Waals surface area contributed by atoms with Crippen molar-refractivity contribution in [3.05, 3.63) is 39.7 Å². The van der Waals surface area contributed by atoms with Crippen LogP contribution in [-0.2, 0) is 13.0 Å². The number of rotatable bonds is 6. The first-order valence-electron chi connectivity index (χ1n) is 5.60. The lowest BCUT2D eigenvalue weighted by Crippen LogP contribution is -2.25. The van der Waals surface area contributed by atoms with E-state index in [9.17, 15) is 0 Å².